The Kier molecular flexibility index (Phi) is 4.29. The van der Waals surface area contributed by atoms with Crippen molar-refractivity contribution >= 4 is 0 Å². The first kappa shape index (κ1) is 7.45. The molecule has 0 aromatic heterocycles. The molecule has 0 spiro atoms. The summed E-state index contributed by atoms with van der Waals surface area (Å²) in [5.41, 5.74) is 0. The van der Waals surface area contributed by atoms with Gasteiger partial charge in [0.1, 0.15) is 6.67 Å². The summed E-state index contributed by atoms with van der Waals surface area (Å²) in [6, 6.07) is 0. The number of alkyl halides is 1. The summed E-state index contributed by atoms with van der Waals surface area (Å²) >= 11 is 0. The molecule has 0 heterocycles. The van der Waals surface area contributed by atoms with E-state index in [2.05, 4.69) is 5.92 Å². The third-order valence-electron chi connectivity index (χ3n) is 0.827. The first-order valence-corrected chi connectivity index (χ1v) is 2.49. The number of halogens is 1. The molecule has 0 saturated heterocycles. The lowest BCUT2D eigenvalue weighted by Gasteiger charge is -2.08. The molecule has 46 valence electrons. The molecular weight excluding hydrogens is 105 g/mol. The predicted molar refractivity (Wildman–Crippen MR) is 32.3 cm³/mol. The summed E-state index contributed by atoms with van der Waals surface area (Å²) in [5, 5.41) is 0. The second kappa shape index (κ2) is 4.61. The maximum absolute atomic E-state index is 11.5. The molecule has 0 amide bonds. The van der Waals surface area contributed by atoms with E-state index in [1.807, 2.05) is 0 Å². The van der Waals surface area contributed by atoms with Crippen LogP contribution < -0.4 is 0 Å². The van der Waals surface area contributed by atoms with Gasteiger partial charge >= 0.3 is 0 Å². The molecule has 1 nitrogen and oxygen atoms in total. The molecule has 0 unspecified atom stereocenters. The fourth-order valence-electron chi connectivity index (χ4n) is 0.379. The molecule has 0 aliphatic rings. The topological polar surface area (TPSA) is 3.24 Å². The molecule has 0 aliphatic heterocycles. The van der Waals surface area contributed by atoms with Gasteiger partial charge < -0.3 is 0 Å². The van der Waals surface area contributed by atoms with E-state index < -0.39 is 0 Å². The van der Waals surface area contributed by atoms with Crippen LogP contribution in [0.2, 0.25) is 0 Å². The molecule has 0 fully saturated rings. The summed E-state index contributed by atoms with van der Waals surface area (Å²) in [4.78, 5) is 1.75. The Hall–Kier alpha value is -0.550. The van der Waals surface area contributed by atoms with Crippen LogP contribution in [0.1, 0.15) is 0 Å². The van der Waals surface area contributed by atoms with Gasteiger partial charge in [-0.1, -0.05) is 5.92 Å². The Morgan fingerprint density at radius 2 is 2.38 bits per heavy atom. The molecule has 0 atom stereocenters. The van der Waals surface area contributed by atoms with Gasteiger partial charge in [0.2, 0.25) is 0 Å². The fourth-order valence-corrected chi connectivity index (χ4v) is 0.379. The fraction of sp³-hybridized carbons (Fsp3) is 0.667. The quantitative estimate of drug-likeness (QED) is 0.485. The number of rotatable bonds is 3. The number of hydrogen-bond acceptors (Lipinski definition) is 1. The van der Waals surface area contributed by atoms with Gasteiger partial charge in [-0.2, -0.15) is 0 Å². The van der Waals surface area contributed by atoms with Crippen molar-refractivity contribution in [2.45, 2.75) is 0 Å². The van der Waals surface area contributed by atoms with Gasteiger partial charge in [0, 0.05) is 6.54 Å². The average Bonchev–Trinajstić information content (AvgIpc) is 1.68. The van der Waals surface area contributed by atoms with E-state index in [1.54, 1.807) is 11.9 Å². The van der Waals surface area contributed by atoms with E-state index in [4.69, 9.17) is 6.42 Å². The summed E-state index contributed by atoms with van der Waals surface area (Å²) in [7, 11) is 1.79. The minimum atomic E-state index is -0.321. The maximum atomic E-state index is 11.5. The van der Waals surface area contributed by atoms with Crippen molar-refractivity contribution in [3.05, 3.63) is 0 Å². The summed E-state index contributed by atoms with van der Waals surface area (Å²) in [5.74, 6) is 2.41. The highest BCUT2D eigenvalue weighted by Crippen LogP contribution is 1.78. The molecule has 0 bridgehead atoms. The number of nitrogens with zero attached hydrogens (tertiary/aromatic N) is 1. The van der Waals surface area contributed by atoms with Crippen LogP contribution in [0.3, 0.4) is 0 Å². The minimum absolute atomic E-state index is 0.321. The van der Waals surface area contributed by atoms with Crippen molar-refractivity contribution in [2.24, 2.45) is 0 Å². The van der Waals surface area contributed by atoms with Crippen molar-refractivity contribution in [3.8, 4) is 12.3 Å². The lowest BCUT2D eigenvalue weighted by atomic mass is 10.5. The van der Waals surface area contributed by atoms with E-state index in [1.165, 1.54) is 0 Å². The van der Waals surface area contributed by atoms with Crippen molar-refractivity contribution in [3.63, 3.8) is 0 Å². The third kappa shape index (κ3) is 3.63. The summed E-state index contributed by atoms with van der Waals surface area (Å²) in [6.45, 7) is 0.645. The lowest BCUT2D eigenvalue weighted by molar-refractivity contribution is 0.323. The van der Waals surface area contributed by atoms with E-state index in [9.17, 15) is 4.39 Å². The Morgan fingerprint density at radius 1 is 1.75 bits per heavy atom. The largest absolute Gasteiger partial charge is 0.293 e. The smallest absolute Gasteiger partial charge is 0.102 e. The Balaban J connectivity index is 3.08. The monoisotopic (exact) mass is 115 g/mol. The first-order chi connectivity index (χ1) is 3.81. The highest BCUT2D eigenvalue weighted by molar-refractivity contribution is 4.86. The minimum Gasteiger partial charge on any atom is -0.293 e. The first-order valence-electron chi connectivity index (χ1n) is 2.49. The van der Waals surface area contributed by atoms with Crippen LogP contribution in [0.4, 0.5) is 4.39 Å². The van der Waals surface area contributed by atoms with Gasteiger partial charge in [-0.15, -0.1) is 6.42 Å². The molecule has 8 heavy (non-hydrogen) atoms. The molecular formula is C6H10FN. The van der Waals surface area contributed by atoms with Gasteiger partial charge in [-0.05, 0) is 7.05 Å². The van der Waals surface area contributed by atoms with Gasteiger partial charge in [-0.3, -0.25) is 4.90 Å². The predicted octanol–water partition coefficient (Wildman–Crippen LogP) is 0.521. The van der Waals surface area contributed by atoms with E-state index in [0.717, 1.165) is 0 Å². The van der Waals surface area contributed by atoms with Crippen LogP contribution in [0.25, 0.3) is 0 Å². The summed E-state index contributed by atoms with van der Waals surface area (Å²) in [6.07, 6.45) is 4.95. The van der Waals surface area contributed by atoms with Crippen molar-refractivity contribution in [1.29, 1.82) is 0 Å². The third-order valence-corrected chi connectivity index (χ3v) is 0.827. The maximum Gasteiger partial charge on any atom is 0.102 e. The van der Waals surface area contributed by atoms with Gasteiger partial charge in [0.05, 0.1) is 6.54 Å². The molecule has 0 rings (SSSR count). The lowest BCUT2D eigenvalue weighted by Crippen LogP contribution is -2.20. The van der Waals surface area contributed by atoms with E-state index >= 15 is 0 Å². The molecule has 0 saturated carbocycles. The highest BCUT2D eigenvalue weighted by atomic mass is 19.1. The zero-order valence-corrected chi connectivity index (χ0v) is 5.02. The second-order valence-corrected chi connectivity index (χ2v) is 1.63. The van der Waals surface area contributed by atoms with E-state index in [-0.39, 0.29) is 6.67 Å². The van der Waals surface area contributed by atoms with Crippen LogP contribution in [0.15, 0.2) is 0 Å². The van der Waals surface area contributed by atoms with Gasteiger partial charge in [0.25, 0.3) is 0 Å². The van der Waals surface area contributed by atoms with Crippen LogP contribution in [0, 0.1) is 12.3 Å². The van der Waals surface area contributed by atoms with Crippen molar-refractivity contribution < 1.29 is 4.39 Å². The van der Waals surface area contributed by atoms with Crippen molar-refractivity contribution in [1.82, 2.24) is 4.90 Å². The Morgan fingerprint density at radius 3 is 2.75 bits per heavy atom. The zero-order valence-electron chi connectivity index (χ0n) is 5.02. The molecule has 0 radical (unpaired) electrons. The van der Waals surface area contributed by atoms with E-state index in [0.29, 0.717) is 13.1 Å². The zero-order chi connectivity index (χ0) is 6.41. The highest BCUT2D eigenvalue weighted by Gasteiger charge is 1.90. The molecule has 0 N–H and O–H groups in total. The Bertz CT molecular complexity index is 85.0. The second-order valence-electron chi connectivity index (χ2n) is 1.63. The molecule has 2 heteroatoms. The summed E-state index contributed by atoms with van der Waals surface area (Å²) < 4.78 is 11.5. The van der Waals surface area contributed by atoms with Crippen LogP contribution >= 0.6 is 0 Å². The standard InChI is InChI=1S/C6H10FN/c1-3-5-8(2)6-4-7/h1H,4-6H2,2H3. The van der Waals surface area contributed by atoms with Crippen LogP contribution in [-0.4, -0.2) is 31.7 Å². The SMILES string of the molecule is C#CCN(C)CCF. The number of hydrogen-bond donors (Lipinski definition) is 0. The van der Waals surface area contributed by atoms with Crippen molar-refractivity contribution in [2.75, 3.05) is 26.8 Å². The van der Waals surface area contributed by atoms with Crippen LogP contribution in [-0.2, 0) is 0 Å². The normalized spacial score (nSPS) is 9.25. The molecule has 0 aromatic carbocycles. The average molecular weight is 115 g/mol. The molecule has 0 aliphatic carbocycles. The molecule has 0 aromatic rings. The van der Waals surface area contributed by atoms with Gasteiger partial charge in [0.15, 0.2) is 0 Å². The number of terminal acetylenes is 1. The Labute approximate surface area is 49.5 Å². The van der Waals surface area contributed by atoms with Gasteiger partial charge in [-0.25, -0.2) is 4.39 Å². The van der Waals surface area contributed by atoms with Crippen LogP contribution in [0.5, 0.6) is 0 Å².